The van der Waals surface area contributed by atoms with Crippen LogP contribution in [-0.4, -0.2) is 35.9 Å². The standard InChI is InChI=1S/C14H21ClN4O2/c1-4-8-17-13(20)9(3)18-14(21)12-10(15)6-7-11(19-12)16-5-2/h6-7,9H,4-5,8H2,1-3H3,(H,16,19)(H,17,20)(H,18,21). The molecule has 3 N–H and O–H groups in total. The first-order valence-corrected chi connectivity index (χ1v) is 7.36. The number of amides is 2. The van der Waals surface area contributed by atoms with E-state index in [-0.39, 0.29) is 16.6 Å². The van der Waals surface area contributed by atoms with Gasteiger partial charge in [0.1, 0.15) is 17.6 Å². The van der Waals surface area contributed by atoms with Crippen LogP contribution in [0.2, 0.25) is 5.02 Å². The lowest BCUT2D eigenvalue weighted by Gasteiger charge is -2.14. The Morgan fingerprint density at radius 1 is 1.33 bits per heavy atom. The van der Waals surface area contributed by atoms with E-state index < -0.39 is 11.9 Å². The zero-order chi connectivity index (χ0) is 15.8. The Morgan fingerprint density at radius 3 is 2.67 bits per heavy atom. The molecule has 0 bridgehead atoms. The molecule has 1 rings (SSSR count). The van der Waals surface area contributed by atoms with E-state index in [0.717, 1.165) is 6.42 Å². The Hall–Kier alpha value is -1.82. The molecule has 0 aliphatic heterocycles. The van der Waals surface area contributed by atoms with Crippen LogP contribution in [0.15, 0.2) is 12.1 Å². The molecular weight excluding hydrogens is 292 g/mol. The molecule has 1 heterocycles. The summed E-state index contributed by atoms with van der Waals surface area (Å²) in [7, 11) is 0. The number of nitrogens with zero attached hydrogens (tertiary/aromatic N) is 1. The Bertz CT molecular complexity index is 508. The third-order valence-corrected chi connectivity index (χ3v) is 3.01. The smallest absolute Gasteiger partial charge is 0.272 e. The van der Waals surface area contributed by atoms with E-state index in [0.29, 0.717) is 18.9 Å². The van der Waals surface area contributed by atoms with Crippen LogP contribution in [0.5, 0.6) is 0 Å². The molecule has 0 aliphatic carbocycles. The maximum absolute atomic E-state index is 12.1. The quantitative estimate of drug-likeness (QED) is 0.717. The second-order valence-electron chi connectivity index (χ2n) is 4.54. The van der Waals surface area contributed by atoms with Gasteiger partial charge in [-0.05, 0) is 32.4 Å². The molecule has 0 aromatic carbocycles. The summed E-state index contributed by atoms with van der Waals surface area (Å²) < 4.78 is 0. The minimum atomic E-state index is -0.648. The van der Waals surface area contributed by atoms with Crippen molar-refractivity contribution in [1.82, 2.24) is 15.6 Å². The van der Waals surface area contributed by atoms with Crippen LogP contribution in [0.25, 0.3) is 0 Å². The maximum Gasteiger partial charge on any atom is 0.272 e. The number of carbonyl (C=O) groups excluding carboxylic acids is 2. The van der Waals surface area contributed by atoms with Gasteiger partial charge in [-0.25, -0.2) is 4.98 Å². The van der Waals surface area contributed by atoms with Gasteiger partial charge in [0, 0.05) is 13.1 Å². The van der Waals surface area contributed by atoms with Gasteiger partial charge in [-0.15, -0.1) is 0 Å². The highest BCUT2D eigenvalue weighted by Crippen LogP contribution is 2.16. The Balaban J connectivity index is 2.74. The van der Waals surface area contributed by atoms with Crippen molar-refractivity contribution in [3.8, 4) is 0 Å². The number of nitrogens with one attached hydrogen (secondary N) is 3. The van der Waals surface area contributed by atoms with E-state index in [4.69, 9.17) is 11.6 Å². The van der Waals surface area contributed by atoms with Gasteiger partial charge in [-0.3, -0.25) is 9.59 Å². The zero-order valence-electron chi connectivity index (χ0n) is 12.5. The molecule has 1 atom stereocenters. The summed E-state index contributed by atoms with van der Waals surface area (Å²) in [4.78, 5) is 28.0. The number of rotatable bonds is 7. The van der Waals surface area contributed by atoms with E-state index in [9.17, 15) is 9.59 Å². The lowest BCUT2D eigenvalue weighted by atomic mass is 10.2. The van der Waals surface area contributed by atoms with Crippen molar-refractivity contribution in [3.63, 3.8) is 0 Å². The van der Waals surface area contributed by atoms with Gasteiger partial charge in [0.15, 0.2) is 0 Å². The number of pyridine rings is 1. The molecule has 1 aromatic heterocycles. The molecular formula is C14H21ClN4O2. The Kier molecular flexibility index (Phi) is 6.94. The van der Waals surface area contributed by atoms with Crippen molar-refractivity contribution >= 4 is 29.2 Å². The fourth-order valence-electron chi connectivity index (χ4n) is 1.61. The molecule has 116 valence electrons. The molecule has 21 heavy (non-hydrogen) atoms. The van der Waals surface area contributed by atoms with Gasteiger partial charge in [0.2, 0.25) is 5.91 Å². The predicted octanol–water partition coefficient (Wildman–Crippen LogP) is 1.81. The monoisotopic (exact) mass is 312 g/mol. The summed E-state index contributed by atoms with van der Waals surface area (Å²) in [5, 5.41) is 8.56. The summed E-state index contributed by atoms with van der Waals surface area (Å²) in [5.41, 5.74) is 0.102. The first kappa shape index (κ1) is 17.2. The molecule has 7 heteroatoms. The van der Waals surface area contributed by atoms with Crippen molar-refractivity contribution in [2.75, 3.05) is 18.4 Å². The molecule has 2 amide bonds. The van der Waals surface area contributed by atoms with Crippen LogP contribution in [0, 0.1) is 0 Å². The number of carbonyl (C=O) groups is 2. The summed E-state index contributed by atoms with van der Waals surface area (Å²) in [5.74, 6) is -0.141. The number of hydrogen-bond donors (Lipinski definition) is 3. The molecule has 1 aromatic rings. The Morgan fingerprint density at radius 2 is 2.05 bits per heavy atom. The second kappa shape index (κ2) is 8.46. The van der Waals surface area contributed by atoms with E-state index in [1.54, 1.807) is 19.1 Å². The molecule has 0 saturated heterocycles. The van der Waals surface area contributed by atoms with Crippen LogP contribution in [-0.2, 0) is 4.79 Å². The summed E-state index contributed by atoms with van der Waals surface area (Å²) >= 11 is 5.99. The molecule has 6 nitrogen and oxygen atoms in total. The largest absolute Gasteiger partial charge is 0.370 e. The molecule has 0 saturated carbocycles. The molecule has 1 unspecified atom stereocenters. The lowest BCUT2D eigenvalue weighted by Crippen LogP contribution is -2.45. The minimum Gasteiger partial charge on any atom is -0.370 e. The minimum absolute atomic E-state index is 0.102. The van der Waals surface area contributed by atoms with Crippen molar-refractivity contribution in [2.24, 2.45) is 0 Å². The second-order valence-corrected chi connectivity index (χ2v) is 4.95. The number of halogens is 1. The van der Waals surface area contributed by atoms with Gasteiger partial charge < -0.3 is 16.0 Å². The van der Waals surface area contributed by atoms with Crippen molar-refractivity contribution in [1.29, 1.82) is 0 Å². The zero-order valence-corrected chi connectivity index (χ0v) is 13.3. The number of anilines is 1. The normalized spacial score (nSPS) is 11.6. The maximum atomic E-state index is 12.1. The first-order valence-electron chi connectivity index (χ1n) is 6.98. The van der Waals surface area contributed by atoms with E-state index in [2.05, 4.69) is 20.9 Å². The third kappa shape index (κ3) is 5.23. The highest BCUT2D eigenvalue weighted by Gasteiger charge is 2.19. The molecule has 0 aliphatic rings. The van der Waals surface area contributed by atoms with Crippen LogP contribution < -0.4 is 16.0 Å². The van der Waals surface area contributed by atoms with Crippen LogP contribution in [0.1, 0.15) is 37.7 Å². The fraction of sp³-hybridized carbons (Fsp3) is 0.500. The fourth-order valence-corrected chi connectivity index (χ4v) is 1.80. The van der Waals surface area contributed by atoms with Gasteiger partial charge in [0.25, 0.3) is 5.91 Å². The van der Waals surface area contributed by atoms with Crippen LogP contribution in [0.3, 0.4) is 0 Å². The Labute approximate surface area is 129 Å². The topological polar surface area (TPSA) is 83.1 Å². The molecule has 0 fully saturated rings. The predicted molar refractivity (Wildman–Crippen MR) is 83.6 cm³/mol. The highest BCUT2D eigenvalue weighted by molar-refractivity contribution is 6.33. The molecule has 0 spiro atoms. The van der Waals surface area contributed by atoms with Crippen LogP contribution in [0.4, 0.5) is 5.82 Å². The highest BCUT2D eigenvalue weighted by atomic mass is 35.5. The molecule has 0 radical (unpaired) electrons. The lowest BCUT2D eigenvalue weighted by molar-refractivity contribution is -0.122. The number of aromatic nitrogens is 1. The third-order valence-electron chi connectivity index (χ3n) is 2.71. The van der Waals surface area contributed by atoms with Gasteiger partial charge in [0.05, 0.1) is 5.02 Å². The van der Waals surface area contributed by atoms with Gasteiger partial charge in [-0.1, -0.05) is 18.5 Å². The van der Waals surface area contributed by atoms with Crippen molar-refractivity contribution in [3.05, 3.63) is 22.8 Å². The summed E-state index contributed by atoms with van der Waals surface area (Å²) in [6.45, 7) is 6.76. The number of hydrogen-bond acceptors (Lipinski definition) is 4. The summed E-state index contributed by atoms with van der Waals surface area (Å²) in [6.07, 6.45) is 0.838. The van der Waals surface area contributed by atoms with Crippen molar-refractivity contribution in [2.45, 2.75) is 33.2 Å². The van der Waals surface area contributed by atoms with Crippen LogP contribution >= 0.6 is 11.6 Å². The average molecular weight is 313 g/mol. The van der Waals surface area contributed by atoms with E-state index >= 15 is 0 Å². The van der Waals surface area contributed by atoms with E-state index in [1.807, 2.05) is 13.8 Å². The SMILES string of the molecule is CCCNC(=O)C(C)NC(=O)c1nc(NCC)ccc1Cl. The van der Waals surface area contributed by atoms with Crippen molar-refractivity contribution < 1.29 is 9.59 Å². The van der Waals surface area contributed by atoms with Gasteiger partial charge >= 0.3 is 0 Å². The van der Waals surface area contributed by atoms with Gasteiger partial charge in [-0.2, -0.15) is 0 Å². The van der Waals surface area contributed by atoms with E-state index in [1.165, 1.54) is 0 Å². The average Bonchev–Trinajstić information content (AvgIpc) is 2.46. The summed E-state index contributed by atoms with van der Waals surface area (Å²) in [6, 6.07) is 2.65. The first-order chi connectivity index (χ1) is 9.99.